The summed E-state index contributed by atoms with van der Waals surface area (Å²) in [4.78, 5) is 16.2. The van der Waals surface area contributed by atoms with Crippen molar-refractivity contribution in [3.05, 3.63) is 0 Å². The van der Waals surface area contributed by atoms with E-state index in [1.807, 2.05) is 5.92 Å². The van der Waals surface area contributed by atoms with Crippen LogP contribution < -0.4 is 0 Å². The van der Waals surface area contributed by atoms with Crippen molar-refractivity contribution in [2.45, 2.75) is 13.0 Å². The number of phosphoric ester groups is 1. The maximum absolute atomic E-state index is 9.98. The van der Waals surface area contributed by atoms with Gasteiger partial charge < -0.3 is 9.79 Å². The Morgan fingerprint density at radius 3 is 2.33 bits per heavy atom. The van der Waals surface area contributed by atoms with Gasteiger partial charge in [0.05, 0.1) is 0 Å². The standard InChI is InChI=1S/C4H7O4P/c1-3-4(2)8-9(5,6)7/h1,4H,2H3,(H2,5,6,7). The number of phosphoric acid groups is 1. The topological polar surface area (TPSA) is 66.8 Å². The van der Waals surface area contributed by atoms with E-state index in [1.54, 1.807) is 0 Å². The van der Waals surface area contributed by atoms with Crippen molar-refractivity contribution in [3.8, 4) is 12.3 Å². The van der Waals surface area contributed by atoms with Crippen molar-refractivity contribution < 1.29 is 18.9 Å². The lowest BCUT2D eigenvalue weighted by Crippen LogP contribution is -2.01. The lowest BCUT2D eigenvalue weighted by Gasteiger charge is -2.05. The van der Waals surface area contributed by atoms with Crippen LogP contribution in [0.5, 0.6) is 0 Å². The van der Waals surface area contributed by atoms with E-state index in [0.29, 0.717) is 0 Å². The molecule has 0 saturated heterocycles. The summed E-state index contributed by atoms with van der Waals surface area (Å²) in [7, 11) is -4.38. The molecule has 0 bridgehead atoms. The molecule has 5 heteroatoms. The van der Waals surface area contributed by atoms with Crippen LogP contribution in [0.4, 0.5) is 0 Å². The van der Waals surface area contributed by atoms with E-state index >= 15 is 0 Å². The first-order chi connectivity index (χ1) is 3.95. The van der Waals surface area contributed by atoms with Crippen LogP contribution in [0.25, 0.3) is 0 Å². The van der Waals surface area contributed by atoms with E-state index < -0.39 is 13.9 Å². The Balaban J connectivity index is 3.78. The largest absolute Gasteiger partial charge is 0.470 e. The Morgan fingerprint density at radius 1 is 1.78 bits per heavy atom. The van der Waals surface area contributed by atoms with E-state index in [9.17, 15) is 4.57 Å². The van der Waals surface area contributed by atoms with Crippen molar-refractivity contribution >= 4 is 7.82 Å². The molecule has 0 saturated carbocycles. The third-order valence-electron chi connectivity index (χ3n) is 0.530. The Morgan fingerprint density at radius 2 is 2.22 bits per heavy atom. The predicted molar refractivity (Wildman–Crippen MR) is 31.4 cm³/mol. The van der Waals surface area contributed by atoms with Crippen LogP contribution in [0.1, 0.15) is 6.92 Å². The molecule has 4 nitrogen and oxygen atoms in total. The van der Waals surface area contributed by atoms with Crippen LogP contribution in [-0.4, -0.2) is 15.9 Å². The molecule has 1 atom stereocenters. The van der Waals surface area contributed by atoms with Crippen molar-refractivity contribution in [1.29, 1.82) is 0 Å². The molecule has 0 aromatic rings. The zero-order valence-electron chi connectivity index (χ0n) is 4.81. The van der Waals surface area contributed by atoms with Gasteiger partial charge in [0.25, 0.3) is 0 Å². The summed E-state index contributed by atoms with van der Waals surface area (Å²) in [6, 6.07) is 0. The van der Waals surface area contributed by atoms with Crippen LogP contribution in [0.2, 0.25) is 0 Å². The monoisotopic (exact) mass is 150 g/mol. The maximum atomic E-state index is 9.98. The summed E-state index contributed by atoms with van der Waals surface area (Å²) in [6.07, 6.45) is 3.92. The van der Waals surface area contributed by atoms with Gasteiger partial charge in [0, 0.05) is 0 Å². The molecule has 0 radical (unpaired) electrons. The van der Waals surface area contributed by atoms with Gasteiger partial charge in [0.1, 0.15) is 6.10 Å². The SMILES string of the molecule is C#CC(C)OP(=O)(O)O. The molecule has 0 aromatic heterocycles. The summed E-state index contributed by atoms with van der Waals surface area (Å²) in [5.41, 5.74) is 0. The zero-order valence-corrected chi connectivity index (χ0v) is 5.71. The van der Waals surface area contributed by atoms with E-state index in [0.717, 1.165) is 0 Å². The third kappa shape index (κ3) is 5.54. The summed E-state index contributed by atoms with van der Waals surface area (Å²) in [5, 5.41) is 0. The number of rotatable bonds is 2. The van der Waals surface area contributed by atoms with Crippen LogP contribution in [0.3, 0.4) is 0 Å². The smallest absolute Gasteiger partial charge is 0.303 e. The summed E-state index contributed by atoms with van der Waals surface area (Å²) in [5.74, 6) is 2.01. The van der Waals surface area contributed by atoms with Crippen LogP contribution in [-0.2, 0) is 9.09 Å². The van der Waals surface area contributed by atoms with Crippen LogP contribution in [0.15, 0.2) is 0 Å². The highest BCUT2D eigenvalue weighted by Crippen LogP contribution is 2.37. The number of hydrogen-bond donors (Lipinski definition) is 2. The molecule has 0 aliphatic carbocycles. The second-order valence-corrected chi connectivity index (χ2v) is 2.60. The average molecular weight is 150 g/mol. The summed E-state index contributed by atoms with van der Waals surface area (Å²) in [6.45, 7) is 1.37. The highest BCUT2D eigenvalue weighted by molar-refractivity contribution is 7.46. The molecule has 0 fully saturated rings. The van der Waals surface area contributed by atoms with Gasteiger partial charge in [0.15, 0.2) is 0 Å². The molecule has 0 aliphatic heterocycles. The first kappa shape index (κ1) is 8.67. The van der Waals surface area contributed by atoms with Crippen molar-refractivity contribution in [2.75, 3.05) is 0 Å². The van der Waals surface area contributed by atoms with Crippen LogP contribution >= 0.6 is 7.82 Å². The molecule has 52 valence electrons. The first-order valence-corrected chi connectivity index (χ1v) is 3.69. The average Bonchev–Trinajstić information content (AvgIpc) is 1.62. The minimum absolute atomic E-state index is 0.842. The lowest BCUT2D eigenvalue weighted by molar-refractivity contribution is 0.176. The van der Waals surface area contributed by atoms with Gasteiger partial charge in [-0.1, -0.05) is 5.92 Å². The second kappa shape index (κ2) is 3.00. The molecule has 0 aromatic carbocycles. The van der Waals surface area contributed by atoms with Gasteiger partial charge in [-0.25, -0.2) is 4.57 Å². The second-order valence-electron chi connectivity index (χ2n) is 1.40. The van der Waals surface area contributed by atoms with Gasteiger partial charge in [-0.15, -0.1) is 6.42 Å². The van der Waals surface area contributed by atoms with Gasteiger partial charge in [-0.3, -0.25) is 4.52 Å². The predicted octanol–water partition coefficient (Wildman–Crippen LogP) is 0.117. The third-order valence-corrected chi connectivity index (χ3v) is 1.12. The van der Waals surface area contributed by atoms with Crippen LogP contribution in [0, 0.1) is 12.3 Å². The fraction of sp³-hybridized carbons (Fsp3) is 0.500. The molecule has 9 heavy (non-hydrogen) atoms. The summed E-state index contributed by atoms with van der Waals surface area (Å²) >= 11 is 0. The van der Waals surface area contributed by atoms with Crippen molar-refractivity contribution in [2.24, 2.45) is 0 Å². The zero-order chi connectivity index (χ0) is 7.49. The van der Waals surface area contributed by atoms with Gasteiger partial charge in [-0.05, 0) is 6.92 Å². The molecule has 0 aliphatic rings. The molecule has 0 heterocycles. The molecule has 0 spiro atoms. The fourth-order valence-electron chi connectivity index (χ4n) is 0.236. The Bertz CT molecular complexity index is 164. The molecule has 0 amide bonds. The minimum atomic E-state index is -4.38. The molecule has 1 unspecified atom stereocenters. The lowest BCUT2D eigenvalue weighted by atomic mass is 10.4. The van der Waals surface area contributed by atoms with Gasteiger partial charge in [-0.2, -0.15) is 0 Å². The van der Waals surface area contributed by atoms with E-state index in [4.69, 9.17) is 16.2 Å². The number of terminal acetylenes is 1. The van der Waals surface area contributed by atoms with Crippen molar-refractivity contribution in [1.82, 2.24) is 0 Å². The summed E-state index contributed by atoms with van der Waals surface area (Å²) < 4.78 is 14.0. The number of hydrogen-bond acceptors (Lipinski definition) is 2. The molecular weight excluding hydrogens is 143 g/mol. The quantitative estimate of drug-likeness (QED) is 0.433. The normalized spacial score (nSPS) is 14.4. The molecule has 2 N–H and O–H groups in total. The Hall–Kier alpha value is -0.330. The molecule has 0 rings (SSSR count). The maximum Gasteiger partial charge on any atom is 0.470 e. The van der Waals surface area contributed by atoms with Gasteiger partial charge in [0.2, 0.25) is 0 Å². The van der Waals surface area contributed by atoms with E-state index in [-0.39, 0.29) is 0 Å². The van der Waals surface area contributed by atoms with E-state index in [1.165, 1.54) is 6.92 Å². The Kier molecular flexibility index (Phi) is 2.89. The van der Waals surface area contributed by atoms with Gasteiger partial charge >= 0.3 is 7.82 Å². The fourth-order valence-corrected chi connectivity index (χ4v) is 0.709. The highest BCUT2D eigenvalue weighted by Gasteiger charge is 2.16. The highest BCUT2D eigenvalue weighted by atomic mass is 31.2. The minimum Gasteiger partial charge on any atom is -0.303 e. The molecular formula is C4H7O4P. The van der Waals surface area contributed by atoms with E-state index in [2.05, 4.69) is 4.52 Å². The Labute approximate surface area is 53.1 Å². The first-order valence-electron chi connectivity index (χ1n) is 2.16. The van der Waals surface area contributed by atoms with Crippen molar-refractivity contribution in [3.63, 3.8) is 0 Å².